The highest BCUT2D eigenvalue weighted by molar-refractivity contribution is 8.06. The van der Waals surface area contributed by atoms with Crippen LogP contribution in [0.25, 0.3) is 0 Å². The van der Waals surface area contributed by atoms with E-state index < -0.39 is 23.4 Å². The van der Waals surface area contributed by atoms with Crippen molar-refractivity contribution in [3.63, 3.8) is 0 Å². The maximum Gasteiger partial charge on any atom is 0.356 e. The molecule has 1 fully saturated rings. The molecule has 0 bridgehead atoms. The van der Waals surface area contributed by atoms with Crippen molar-refractivity contribution < 1.29 is 28.6 Å². The first-order chi connectivity index (χ1) is 14.3. The van der Waals surface area contributed by atoms with Crippen LogP contribution in [-0.2, 0) is 30.5 Å². The number of thioether (sulfide) groups is 2. The van der Waals surface area contributed by atoms with Crippen molar-refractivity contribution in [3.8, 4) is 5.75 Å². The van der Waals surface area contributed by atoms with Gasteiger partial charge in [-0.2, -0.15) is 0 Å². The Hall–Kier alpha value is -1.88. The zero-order valence-corrected chi connectivity index (χ0v) is 18.7. The molecule has 30 heavy (non-hydrogen) atoms. The molecule has 2 N–H and O–H groups in total. The highest BCUT2D eigenvalue weighted by Crippen LogP contribution is 2.44. The van der Waals surface area contributed by atoms with E-state index in [1.165, 1.54) is 28.4 Å². The van der Waals surface area contributed by atoms with Crippen LogP contribution in [0.1, 0.15) is 12.5 Å². The smallest absolute Gasteiger partial charge is 0.356 e. The number of esters is 2. The van der Waals surface area contributed by atoms with Crippen molar-refractivity contribution in [1.29, 1.82) is 0 Å². The Balaban J connectivity index is 1.76. The molecule has 1 unspecified atom stereocenters. The van der Waals surface area contributed by atoms with E-state index in [0.29, 0.717) is 16.4 Å². The Morgan fingerprint density at radius 2 is 2.07 bits per heavy atom. The number of ether oxygens (including phenoxy) is 3. The third kappa shape index (κ3) is 4.88. The number of nitrogens with zero attached hydrogens (tertiary/aromatic N) is 1. The molecule has 0 radical (unpaired) electrons. The van der Waals surface area contributed by atoms with Gasteiger partial charge in [0, 0.05) is 10.7 Å². The van der Waals surface area contributed by atoms with Crippen molar-refractivity contribution in [1.82, 2.24) is 4.90 Å². The SMILES string of the molecule is COc1ccc(COC(=O)C2=C(SC(C)OC(=O)CCl)CS[C@@H]3[C@H](N)C(=O)N23)cc1. The summed E-state index contributed by atoms with van der Waals surface area (Å²) in [5, 5.41) is -0.314. The molecule has 3 rings (SSSR count). The predicted molar refractivity (Wildman–Crippen MR) is 115 cm³/mol. The molecule has 2 heterocycles. The number of methoxy groups -OCH3 is 1. The van der Waals surface area contributed by atoms with Crippen molar-refractivity contribution in [3.05, 3.63) is 40.4 Å². The number of benzene rings is 1. The molecular formula is C19H21ClN2O6S2. The third-order valence-electron chi connectivity index (χ3n) is 4.41. The Kier molecular flexibility index (Phi) is 7.56. The number of halogens is 1. The molecule has 0 spiro atoms. The van der Waals surface area contributed by atoms with Crippen LogP contribution in [0.5, 0.6) is 5.75 Å². The number of fused-ring (bicyclic) bond motifs is 1. The summed E-state index contributed by atoms with van der Waals surface area (Å²) in [4.78, 5) is 38.6. The maximum absolute atomic E-state index is 12.9. The van der Waals surface area contributed by atoms with Gasteiger partial charge in [0.25, 0.3) is 0 Å². The topological polar surface area (TPSA) is 108 Å². The molecule has 8 nitrogen and oxygen atoms in total. The molecule has 2 aliphatic rings. The molecule has 1 amide bonds. The predicted octanol–water partition coefficient (Wildman–Crippen LogP) is 2.05. The highest BCUT2D eigenvalue weighted by Gasteiger charge is 2.52. The lowest BCUT2D eigenvalue weighted by molar-refractivity contribution is -0.151. The average molecular weight is 473 g/mol. The minimum atomic E-state index is -0.655. The van der Waals surface area contributed by atoms with Crippen LogP contribution in [0.3, 0.4) is 0 Å². The number of carbonyl (C=O) groups excluding carboxylic acids is 3. The van der Waals surface area contributed by atoms with E-state index in [0.717, 1.165) is 5.56 Å². The van der Waals surface area contributed by atoms with Crippen molar-refractivity contribution >= 4 is 53.0 Å². The second kappa shape index (κ2) is 9.95. The number of β-lactam (4-membered cyclic amide) rings is 1. The third-order valence-corrected chi connectivity index (χ3v) is 7.16. The summed E-state index contributed by atoms with van der Waals surface area (Å²) >= 11 is 8.10. The minimum Gasteiger partial charge on any atom is -0.497 e. The first-order valence-corrected chi connectivity index (χ1v) is 11.5. The quantitative estimate of drug-likeness (QED) is 0.263. The Labute approximate surface area is 187 Å². The minimum absolute atomic E-state index is 0.0347. The van der Waals surface area contributed by atoms with Gasteiger partial charge in [0.15, 0.2) is 0 Å². The van der Waals surface area contributed by atoms with E-state index in [2.05, 4.69) is 0 Å². The number of nitrogens with two attached hydrogens (primary N) is 1. The van der Waals surface area contributed by atoms with E-state index in [1.807, 2.05) is 0 Å². The Morgan fingerprint density at radius 3 is 2.70 bits per heavy atom. The van der Waals surface area contributed by atoms with Crippen LogP contribution in [-0.4, -0.2) is 58.3 Å². The van der Waals surface area contributed by atoms with E-state index in [-0.39, 0.29) is 29.5 Å². The van der Waals surface area contributed by atoms with Gasteiger partial charge in [0.05, 0.1) is 7.11 Å². The standard InChI is InChI=1S/C19H21ClN2O6S2/c1-10(28-14(23)7-20)30-13-9-29-18-15(21)17(24)22(18)16(13)19(25)27-8-11-3-5-12(26-2)6-4-11/h3-6,10,15,18H,7-9,21H2,1-2H3/t10?,15-,18-/m1/s1. The number of hydrogen-bond acceptors (Lipinski definition) is 9. The lowest BCUT2D eigenvalue weighted by Gasteiger charge is -2.48. The summed E-state index contributed by atoms with van der Waals surface area (Å²) in [6.07, 6.45) is 0. The molecule has 1 aromatic carbocycles. The number of hydrogen-bond donors (Lipinski definition) is 1. The van der Waals surface area contributed by atoms with Gasteiger partial charge in [0.1, 0.15) is 40.8 Å². The van der Waals surface area contributed by atoms with Gasteiger partial charge in [-0.25, -0.2) is 4.79 Å². The first-order valence-electron chi connectivity index (χ1n) is 9.01. The molecule has 3 atom stereocenters. The van der Waals surface area contributed by atoms with Gasteiger partial charge in [-0.15, -0.1) is 23.4 Å². The Morgan fingerprint density at radius 1 is 1.37 bits per heavy atom. The zero-order chi connectivity index (χ0) is 21.8. The zero-order valence-electron chi connectivity index (χ0n) is 16.3. The van der Waals surface area contributed by atoms with E-state index in [1.54, 1.807) is 38.3 Å². The lowest BCUT2D eigenvalue weighted by atomic mass is 10.1. The first kappa shape index (κ1) is 22.8. The second-order valence-corrected chi connectivity index (χ2v) is 9.21. The molecule has 2 aliphatic heterocycles. The number of carbonyl (C=O) groups is 3. The second-order valence-electron chi connectivity index (χ2n) is 6.44. The van der Waals surface area contributed by atoms with Crippen molar-refractivity contribution in [2.24, 2.45) is 5.73 Å². The largest absolute Gasteiger partial charge is 0.497 e. The summed E-state index contributed by atoms with van der Waals surface area (Å²) in [5.41, 5.74) is 6.21. The van der Waals surface area contributed by atoms with Crippen LogP contribution < -0.4 is 10.5 Å². The van der Waals surface area contributed by atoms with Crippen LogP contribution in [0.4, 0.5) is 0 Å². The summed E-state index contributed by atoms with van der Waals surface area (Å²) < 4.78 is 15.7. The summed E-state index contributed by atoms with van der Waals surface area (Å²) in [6, 6.07) is 6.45. The van der Waals surface area contributed by atoms with Gasteiger partial charge in [-0.1, -0.05) is 23.9 Å². The fourth-order valence-electron chi connectivity index (χ4n) is 2.95. The van der Waals surface area contributed by atoms with Crippen molar-refractivity contribution in [2.75, 3.05) is 18.7 Å². The molecule has 0 aromatic heterocycles. The molecule has 11 heteroatoms. The number of amides is 1. The highest BCUT2D eigenvalue weighted by atomic mass is 35.5. The van der Waals surface area contributed by atoms with Crippen LogP contribution >= 0.6 is 35.1 Å². The maximum atomic E-state index is 12.9. The monoisotopic (exact) mass is 472 g/mol. The fourth-order valence-corrected chi connectivity index (χ4v) is 5.48. The lowest BCUT2D eigenvalue weighted by Crippen LogP contribution is -2.68. The van der Waals surface area contributed by atoms with Crippen molar-refractivity contribution in [2.45, 2.75) is 30.4 Å². The number of rotatable bonds is 8. The van der Waals surface area contributed by atoms with Crippen LogP contribution in [0, 0.1) is 0 Å². The molecule has 162 valence electrons. The van der Waals surface area contributed by atoms with Gasteiger partial charge in [0.2, 0.25) is 5.91 Å². The van der Waals surface area contributed by atoms with Gasteiger partial charge in [-0.05, 0) is 24.6 Å². The van der Waals surface area contributed by atoms with Gasteiger partial charge < -0.3 is 19.9 Å². The molecule has 1 saturated heterocycles. The molecular weight excluding hydrogens is 452 g/mol. The number of alkyl halides is 1. The van der Waals surface area contributed by atoms with Crippen LogP contribution in [0.2, 0.25) is 0 Å². The molecule has 0 aliphatic carbocycles. The van der Waals surface area contributed by atoms with Gasteiger partial charge >= 0.3 is 11.9 Å². The average Bonchev–Trinajstić information content (AvgIpc) is 2.76. The van der Waals surface area contributed by atoms with E-state index >= 15 is 0 Å². The summed E-state index contributed by atoms with van der Waals surface area (Å²) in [7, 11) is 1.57. The summed E-state index contributed by atoms with van der Waals surface area (Å²) in [5.74, 6) is -0.662. The van der Waals surface area contributed by atoms with E-state index in [4.69, 9.17) is 31.5 Å². The summed E-state index contributed by atoms with van der Waals surface area (Å²) in [6.45, 7) is 1.70. The molecule has 0 saturated carbocycles. The normalized spacial score (nSPS) is 21.5. The van der Waals surface area contributed by atoms with Gasteiger partial charge in [-0.3, -0.25) is 14.5 Å². The fraction of sp³-hybridized carbons (Fsp3) is 0.421. The Bertz CT molecular complexity index is 863. The van der Waals surface area contributed by atoms with Crippen LogP contribution in [0.15, 0.2) is 34.9 Å². The van der Waals surface area contributed by atoms with E-state index in [9.17, 15) is 14.4 Å². The molecule has 1 aromatic rings.